The van der Waals surface area contributed by atoms with E-state index in [4.69, 9.17) is 5.11 Å². The Morgan fingerprint density at radius 1 is 1.29 bits per heavy atom. The van der Waals surface area contributed by atoms with Crippen LogP contribution >= 0.6 is 0 Å². The lowest BCUT2D eigenvalue weighted by Gasteiger charge is -2.33. The highest BCUT2D eigenvalue weighted by atomic mass is 16.4. The summed E-state index contributed by atoms with van der Waals surface area (Å²) in [5, 5.41) is 11.7. The second kappa shape index (κ2) is 7.61. The largest absolute Gasteiger partial charge is 0.481 e. The van der Waals surface area contributed by atoms with E-state index in [0.29, 0.717) is 12.0 Å². The number of carbonyl (C=O) groups is 2. The molecule has 0 aromatic carbocycles. The Balaban J connectivity index is 2.02. The minimum atomic E-state index is -0.862. The Kier molecular flexibility index (Phi) is 5.77. The molecule has 0 atom stereocenters. The smallest absolute Gasteiger partial charge is 0.303 e. The number of carboxylic acids is 1. The van der Waals surface area contributed by atoms with E-state index in [9.17, 15) is 9.59 Å². The van der Waals surface area contributed by atoms with Gasteiger partial charge < -0.3 is 20.2 Å². The number of aliphatic carboxylic acids is 1. The van der Waals surface area contributed by atoms with Crippen LogP contribution in [0, 0.1) is 0 Å². The molecule has 1 fully saturated rings. The SMILES string of the molecule is CN1CCN(c2cc(C(=O)NC(C)(C)CCC(=O)O)ccn2)CC1. The summed E-state index contributed by atoms with van der Waals surface area (Å²) in [5.41, 5.74) is -0.0328. The summed E-state index contributed by atoms with van der Waals surface area (Å²) in [6.45, 7) is 7.38. The molecule has 1 saturated heterocycles. The summed E-state index contributed by atoms with van der Waals surface area (Å²) < 4.78 is 0. The summed E-state index contributed by atoms with van der Waals surface area (Å²) in [4.78, 5) is 32.0. The fraction of sp³-hybridized carbons (Fsp3) is 0.588. The monoisotopic (exact) mass is 334 g/mol. The lowest BCUT2D eigenvalue weighted by molar-refractivity contribution is -0.137. The third-order valence-corrected chi connectivity index (χ3v) is 4.25. The maximum absolute atomic E-state index is 12.5. The van der Waals surface area contributed by atoms with Gasteiger partial charge in [0.25, 0.3) is 5.91 Å². The molecule has 0 radical (unpaired) electrons. The van der Waals surface area contributed by atoms with Crippen molar-refractivity contribution in [1.82, 2.24) is 15.2 Å². The third-order valence-electron chi connectivity index (χ3n) is 4.25. The van der Waals surface area contributed by atoms with Gasteiger partial charge in [-0.25, -0.2) is 4.98 Å². The van der Waals surface area contributed by atoms with E-state index >= 15 is 0 Å². The number of pyridine rings is 1. The molecular weight excluding hydrogens is 308 g/mol. The molecule has 2 heterocycles. The number of carboxylic acid groups (broad SMARTS) is 1. The Morgan fingerprint density at radius 3 is 2.58 bits per heavy atom. The van der Waals surface area contributed by atoms with Crippen LogP contribution in [0.25, 0.3) is 0 Å². The average molecular weight is 334 g/mol. The predicted molar refractivity (Wildman–Crippen MR) is 92.4 cm³/mol. The van der Waals surface area contributed by atoms with E-state index in [1.165, 1.54) is 0 Å². The highest BCUT2D eigenvalue weighted by Crippen LogP contribution is 2.17. The van der Waals surface area contributed by atoms with Crippen molar-refractivity contribution in [2.24, 2.45) is 0 Å². The van der Waals surface area contributed by atoms with E-state index in [0.717, 1.165) is 32.0 Å². The number of amides is 1. The molecule has 0 unspecified atom stereocenters. The average Bonchev–Trinajstić information content (AvgIpc) is 2.53. The fourth-order valence-electron chi connectivity index (χ4n) is 2.63. The number of aromatic nitrogens is 1. The van der Waals surface area contributed by atoms with Crippen molar-refractivity contribution >= 4 is 17.7 Å². The first kappa shape index (κ1) is 18.2. The van der Waals surface area contributed by atoms with Crippen molar-refractivity contribution in [1.29, 1.82) is 0 Å². The standard InChI is InChI=1S/C17H26N4O3/c1-17(2,6-4-15(22)23)19-16(24)13-5-7-18-14(12-13)21-10-8-20(3)9-11-21/h5,7,12H,4,6,8-11H2,1-3H3,(H,19,24)(H,22,23). The highest BCUT2D eigenvalue weighted by molar-refractivity contribution is 5.95. The number of piperazine rings is 1. The number of anilines is 1. The van der Waals surface area contributed by atoms with E-state index < -0.39 is 11.5 Å². The van der Waals surface area contributed by atoms with Crippen LogP contribution in [0.5, 0.6) is 0 Å². The van der Waals surface area contributed by atoms with Gasteiger partial charge in [-0.1, -0.05) is 0 Å². The summed E-state index contributed by atoms with van der Waals surface area (Å²) in [6.07, 6.45) is 2.05. The van der Waals surface area contributed by atoms with E-state index in [1.54, 1.807) is 18.3 Å². The zero-order valence-corrected chi connectivity index (χ0v) is 14.6. The van der Waals surface area contributed by atoms with E-state index in [-0.39, 0.29) is 12.3 Å². The molecule has 1 aliphatic rings. The van der Waals surface area contributed by atoms with Gasteiger partial charge >= 0.3 is 5.97 Å². The van der Waals surface area contributed by atoms with Gasteiger partial charge in [0.05, 0.1) is 0 Å². The molecule has 7 heteroatoms. The van der Waals surface area contributed by atoms with Crippen LogP contribution in [-0.2, 0) is 4.79 Å². The first-order valence-electron chi connectivity index (χ1n) is 8.21. The summed E-state index contributed by atoms with van der Waals surface area (Å²) in [6, 6.07) is 3.48. The van der Waals surface area contributed by atoms with Crippen molar-refractivity contribution < 1.29 is 14.7 Å². The molecule has 1 amide bonds. The quantitative estimate of drug-likeness (QED) is 0.813. The minimum absolute atomic E-state index is 0.0240. The molecule has 0 aliphatic carbocycles. The van der Waals surface area contributed by atoms with Gasteiger partial charge in [0.15, 0.2) is 0 Å². The van der Waals surface area contributed by atoms with Crippen LogP contribution in [-0.4, -0.2) is 65.6 Å². The molecule has 132 valence electrons. The number of hydrogen-bond donors (Lipinski definition) is 2. The van der Waals surface area contributed by atoms with E-state index in [1.807, 2.05) is 13.8 Å². The summed E-state index contributed by atoms with van der Waals surface area (Å²) in [5.74, 6) is -0.263. The molecular formula is C17H26N4O3. The lowest BCUT2D eigenvalue weighted by atomic mass is 9.98. The molecule has 2 rings (SSSR count). The number of nitrogens with zero attached hydrogens (tertiary/aromatic N) is 3. The number of rotatable bonds is 6. The number of carbonyl (C=O) groups excluding carboxylic acids is 1. The maximum Gasteiger partial charge on any atom is 0.303 e. The van der Waals surface area contributed by atoms with Crippen LogP contribution in [0.1, 0.15) is 37.0 Å². The number of nitrogens with one attached hydrogen (secondary N) is 1. The zero-order valence-electron chi connectivity index (χ0n) is 14.6. The van der Waals surface area contributed by atoms with Crippen LogP contribution in [0.2, 0.25) is 0 Å². The van der Waals surface area contributed by atoms with Crippen LogP contribution < -0.4 is 10.2 Å². The highest BCUT2D eigenvalue weighted by Gasteiger charge is 2.23. The second-order valence-corrected chi connectivity index (χ2v) is 6.92. The first-order chi connectivity index (χ1) is 11.3. The normalized spacial score (nSPS) is 16.0. The first-order valence-corrected chi connectivity index (χ1v) is 8.21. The molecule has 1 aromatic rings. The number of hydrogen-bond acceptors (Lipinski definition) is 5. The van der Waals surface area contributed by atoms with Crippen molar-refractivity contribution in [3.8, 4) is 0 Å². The molecule has 1 aromatic heterocycles. The summed E-state index contributed by atoms with van der Waals surface area (Å²) in [7, 11) is 2.09. The Morgan fingerprint density at radius 2 is 1.96 bits per heavy atom. The Hall–Kier alpha value is -2.15. The van der Waals surface area contributed by atoms with Gasteiger partial charge in [0, 0.05) is 49.9 Å². The van der Waals surface area contributed by atoms with Gasteiger partial charge in [-0.15, -0.1) is 0 Å². The molecule has 0 spiro atoms. The maximum atomic E-state index is 12.5. The van der Waals surface area contributed by atoms with Crippen LogP contribution in [0.15, 0.2) is 18.3 Å². The van der Waals surface area contributed by atoms with E-state index in [2.05, 4.69) is 27.1 Å². The molecule has 2 N–H and O–H groups in total. The topological polar surface area (TPSA) is 85.8 Å². The lowest BCUT2D eigenvalue weighted by Crippen LogP contribution is -2.45. The minimum Gasteiger partial charge on any atom is -0.481 e. The predicted octanol–water partition coefficient (Wildman–Crippen LogP) is 1.21. The number of likely N-dealkylation sites (N-methyl/N-ethyl adjacent to an activating group) is 1. The molecule has 7 nitrogen and oxygen atoms in total. The van der Waals surface area contributed by atoms with Crippen LogP contribution in [0.3, 0.4) is 0 Å². The molecule has 24 heavy (non-hydrogen) atoms. The zero-order chi connectivity index (χ0) is 17.7. The van der Waals surface area contributed by atoms with Gasteiger partial charge in [0.1, 0.15) is 5.82 Å². The molecule has 0 bridgehead atoms. The van der Waals surface area contributed by atoms with Gasteiger partial charge in [0.2, 0.25) is 0 Å². The molecule has 1 aliphatic heterocycles. The van der Waals surface area contributed by atoms with Crippen LogP contribution in [0.4, 0.5) is 5.82 Å². The van der Waals surface area contributed by atoms with Crippen molar-refractivity contribution in [3.05, 3.63) is 23.9 Å². The molecule has 0 saturated carbocycles. The Bertz CT molecular complexity index is 595. The van der Waals surface area contributed by atoms with Gasteiger partial charge in [-0.3, -0.25) is 9.59 Å². The second-order valence-electron chi connectivity index (χ2n) is 6.92. The van der Waals surface area contributed by atoms with Crippen molar-refractivity contribution in [2.45, 2.75) is 32.2 Å². The summed E-state index contributed by atoms with van der Waals surface area (Å²) >= 11 is 0. The van der Waals surface area contributed by atoms with Gasteiger partial charge in [-0.2, -0.15) is 0 Å². The van der Waals surface area contributed by atoms with Crippen molar-refractivity contribution in [2.75, 3.05) is 38.1 Å². The Labute approximate surface area is 142 Å². The van der Waals surface area contributed by atoms with Gasteiger partial charge in [-0.05, 0) is 39.4 Å². The fourth-order valence-corrected chi connectivity index (χ4v) is 2.63. The van der Waals surface area contributed by atoms with Crippen molar-refractivity contribution in [3.63, 3.8) is 0 Å². The third kappa shape index (κ3) is 5.19.